The van der Waals surface area contributed by atoms with Crippen LogP contribution in [0.5, 0.6) is 0 Å². The van der Waals surface area contributed by atoms with Crippen LogP contribution in [-0.2, 0) is 0 Å². The maximum absolute atomic E-state index is 12.0. The van der Waals surface area contributed by atoms with Crippen molar-refractivity contribution in [2.24, 2.45) is 0 Å². The Kier molecular flexibility index (Phi) is 3.83. The van der Waals surface area contributed by atoms with Gasteiger partial charge in [-0.15, -0.1) is 0 Å². The lowest BCUT2D eigenvalue weighted by atomic mass is 9.96. The first-order valence-electron chi connectivity index (χ1n) is 7.60. The molecule has 4 amide bonds. The number of amides is 4. The third kappa shape index (κ3) is 2.68. The number of benzene rings is 1. The fraction of sp³-hybridized carbons (Fsp3) is 0.438. The van der Waals surface area contributed by atoms with Crippen LogP contribution in [0.3, 0.4) is 0 Å². The number of hydrogen-bond acceptors (Lipinski definition) is 3. The number of urea groups is 1. The molecule has 0 saturated heterocycles. The predicted molar refractivity (Wildman–Crippen MR) is 81.9 cm³/mol. The Hall–Kier alpha value is -2.37. The van der Waals surface area contributed by atoms with Gasteiger partial charge in [-0.2, -0.15) is 0 Å². The van der Waals surface area contributed by atoms with E-state index in [0.717, 1.165) is 30.6 Å². The number of carbonyl (C=O) groups is 3. The van der Waals surface area contributed by atoms with Crippen LogP contribution < -0.4 is 10.6 Å². The molecule has 1 aliphatic heterocycles. The van der Waals surface area contributed by atoms with Gasteiger partial charge in [0.1, 0.15) is 0 Å². The zero-order valence-electron chi connectivity index (χ0n) is 12.5. The van der Waals surface area contributed by atoms with Crippen LogP contribution in [0.2, 0.25) is 0 Å². The molecule has 1 fully saturated rings. The SMILES string of the molecule is CN1C(=O)c2ccc(NC(=O)NC3CCCCC3)cc2C1=O. The Bertz CT molecular complexity index is 636. The Morgan fingerprint density at radius 1 is 1.09 bits per heavy atom. The highest BCUT2D eigenvalue weighted by molar-refractivity contribution is 6.21. The second kappa shape index (κ2) is 5.79. The average Bonchev–Trinajstić information content (AvgIpc) is 2.73. The number of hydrogen-bond donors (Lipinski definition) is 2. The number of nitrogens with one attached hydrogen (secondary N) is 2. The van der Waals surface area contributed by atoms with Crippen LogP contribution in [0.1, 0.15) is 52.8 Å². The van der Waals surface area contributed by atoms with Crippen LogP contribution in [0.15, 0.2) is 18.2 Å². The minimum absolute atomic E-state index is 0.220. The van der Waals surface area contributed by atoms with Gasteiger partial charge in [0.25, 0.3) is 11.8 Å². The van der Waals surface area contributed by atoms with Crippen LogP contribution in [-0.4, -0.2) is 35.8 Å². The Morgan fingerprint density at radius 2 is 1.77 bits per heavy atom. The fourth-order valence-electron chi connectivity index (χ4n) is 3.04. The standard InChI is InChI=1S/C16H19N3O3/c1-19-14(20)12-8-7-11(9-13(12)15(19)21)18-16(22)17-10-5-3-2-4-6-10/h7-10H,2-6H2,1H3,(H2,17,18,22). The predicted octanol–water partition coefficient (Wildman–Crippen LogP) is 2.37. The molecular weight excluding hydrogens is 282 g/mol. The summed E-state index contributed by atoms with van der Waals surface area (Å²) in [6.07, 6.45) is 5.54. The summed E-state index contributed by atoms with van der Waals surface area (Å²) in [5.41, 5.74) is 1.23. The van der Waals surface area contributed by atoms with E-state index in [2.05, 4.69) is 10.6 Å². The van der Waals surface area contributed by atoms with Crippen LogP contribution in [0.4, 0.5) is 10.5 Å². The largest absolute Gasteiger partial charge is 0.335 e. The molecule has 0 bridgehead atoms. The van der Waals surface area contributed by atoms with Gasteiger partial charge in [0, 0.05) is 18.8 Å². The van der Waals surface area contributed by atoms with Gasteiger partial charge in [0.2, 0.25) is 0 Å². The van der Waals surface area contributed by atoms with E-state index in [1.54, 1.807) is 18.2 Å². The number of nitrogens with zero attached hydrogens (tertiary/aromatic N) is 1. The number of carbonyl (C=O) groups excluding carboxylic acids is 3. The second-order valence-electron chi connectivity index (χ2n) is 5.86. The van der Waals surface area contributed by atoms with Crippen molar-refractivity contribution in [2.45, 2.75) is 38.1 Å². The van der Waals surface area contributed by atoms with Gasteiger partial charge in [-0.1, -0.05) is 19.3 Å². The molecule has 0 aromatic heterocycles. The summed E-state index contributed by atoms with van der Waals surface area (Å²) >= 11 is 0. The normalized spacial score (nSPS) is 18.3. The van der Waals surface area contributed by atoms with Gasteiger partial charge >= 0.3 is 6.03 Å². The van der Waals surface area contributed by atoms with Gasteiger partial charge < -0.3 is 10.6 Å². The maximum Gasteiger partial charge on any atom is 0.319 e. The van der Waals surface area contributed by atoms with Crippen molar-refractivity contribution in [3.8, 4) is 0 Å². The molecule has 0 spiro atoms. The van der Waals surface area contributed by atoms with Crippen molar-refractivity contribution in [3.63, 3.8) is 0 Å². The minimum atomic E-state index is -0.337. The molecule has 0 atom stereocenters. The van der Waals surface area contributed by atoms with E-state index in [-0.39, 0.29) is 23.9 Å². The van der Waals surface area contributed by atoms with E-state index in [9.17, 15) is 14.4 Å². The van der Waals surface area contributed by atoms with E-state index in [1.807, 2.05) is 0 Å². The lowest BCUT2D eigenvalue weighted by Gasteiger charge is -2.22. The van der Waals surface area contributed by atoms with E-state index in [4.69, 9.17) is 0 Å². The minimum Gasteiger partial charge on any atom is -0.335 e. The fourth-order valence-corrected chi connectivity index (χ4v) is 3.04. The molecule has 1 saturated carbocycles. The van der Waals surface area contributed by atoms with Crippen molar-refractivity contribution >= 4 is 23.5 Å². The lowest BCUT2D eigenvalue weighted by molar-refractivity contribution is 0.0693. The highest BCUT2D eigenvalue weighted by Gasteiger charge is 2.32. The summed E-state index contributed by atoms with van der Waals surface area (Å²) in [5.74, 6) is -0.644. The summed E-state index contributed by atoms with van der Waals surface area (Å²) in [4.78, 5) is 36.8. The van der Waals surface area contributed by atoms with Crippen molar-refractivity contribution in [1.82, 2.24) is 10.2 Å². The average molecular weight is 301 g/mol. The smallest absolute Gasteiger partial charge is 0.319 e. The topological polar surface area (TPSA) is 78.5 Å². The molecule has 6 nitrogen and oxygen atoms in total. The van der Waals surface area contributed by atoms with E-state index in [1.165, 1.54) is 13.5 Å². The van der Waals surface area contributed by atoms with E-state index < -0.39 is 0 Å². The first-order chi connectivity index (χ1) is 10.6. The molecule has 2 N–H and O–H groups in total. The van der Waals surface area contributed by atoms with Crippen molar-refractivity contribution in [3.05, 3.63) is 29.3 Å². The van der Waals surface area contributed by atoms with Crippen molar-refractivity contribution < 1.29 is 14.4 Å². The summed E-state index contributed by atoms with van der Waals surface area (Å²) in [6, 6.07) is 4.73. The maximum atomic E-state index is 12.0. The van der Waals surface area contributed by atoms with E-state index >= 15 is 0 Å². The van der Waals surface area contributed by atoms with Crippen LogP contribution in [0, 0.1) is 0 Å². The first kappa shape index (κ1) is 14.6. The zero-order chi connectivity index (χ0) is 15.7. The molecular formula is C16H19N3O3. The number of anilines is 1. The van der Waals surface area contributed by atoms with Crippen molar-refractivity contribution in [2.75, 3.05) is 12.4 Å². The summed E-state index contributed by atoms with van der Waals surface area (Å²) < 4.78 is 0. The number of fused-ring (bicyclic) bond motifs is 1. The molecule has 1 aromatic carbocycles. The highest BCUT2D eigenvalue weighted by atomic mass is 16.2. The van der Waals surface area contributed by atoms with Crippen LogP contribution >= 0.6 is 0 Å². The molecule has 1 aliphatic carbocycles. The molecule has 116 valence electrons. The molecule has 1 aromatic rings. The molecule has 0 unspecified atom stereocenters. The third-order valence-corrected chi connectivity index (χ3v) is 4.29. The monoisotopic (exact) mass is 301 g/mol. The molecule has 6 heteroatoms. The van der Waals surface area contributed by atoms with Gasteiger partial charge in [-0.25, -0.2) is 4.79 Å². The lowest BCUT2D eigenvalue weighted by Crippen LogP contribution is -2.39. The Morgan fingerprint density at radius 3 is 2.50 bits per heavy atom. The molecule has 2 aliphatic rings. The van der Waals surface area contributed by atoms with Gasteiger partial charge in [-0.05, 0) is 31.0 Å². The summed E-state index contributed by atoms with van der Waals surface area (Å²) in [6.45, 7) is 0. The Balaban J connectivity index is 1.68. The molecule has 0 radical (unpaired) electrons. The van der Waals surface area contributed by atoms with E-state index in [0.29, 0.717) is 16.8 Å². The second-order valence-corrected chi connectivity index (χ2v) is 5.86. The summed E-state index contributed by atoms with van der Waals surface area (Å²) in [5, 5.41) is 5.69. The summed E-state index contributed by atoms with van der Waals surface area (Å²) in [7, 11) is 1.45. The first-order valence-corrected chi connectivity index (χ1v) is 7.60. The number of rotatable bonds is 2. The van der Waals surface area contributed by atoms with Gasteiger partial charge in [0.05, 0.1) is 11.1 Å². The quantitative estimate of drug-likeness (QED) is 0.823. The zero-order valence-corrected chi connectivity index (χ0v) is 12.5. The third-order valence-electron chi connectivity index (χ3n) is 4.29. The molecule has 1 heterocycles. The Labute approximate surface area is 128 Å². The number of imide groups is 1. The van der Waals surface area contributed by atoms with Crippen molar-refractivity contribution in [1.29, 1.82) is 0 Å². The highest BCUT2D eigenvalue weighted by Crippen LogP contribution is 2.25. The van der Waals surface area contributed by atoms with Crippen LogP contribution in [0.25, 0.3) is 0 Å². The molecule has 3 rings (SSSR count). The molecule has 22 heavy (non-hydrogen) atoms. The van der Waals surface area contributed by atoms with Gasteiger partial charge in [-0.3, -0.25) is 14.5 Å². The van der Waals surface area contributed by atoms with Gasteiger partial charge in [0.15, 0.2) is 0 Å².